The van der Waals surface area contributed by atoms with Crippen LogP contribution in [0.4, 0.5) is 17.2 Å². The largest absolute Gasteiger partial charge is 0.494 e. The average molecular weight is 377 g/mol. The molecular weight excluding hydrogens is 358 g/mol. The Kier molecular flexibility index (Phi) is 4.97. The van der Waals surface area contributed by atoms with Crippen LogP contribution < -0.4 is 24.8 Å². The quantitative estimate of drug-likeness (QED) is 0.670. The fourth-order valence-corrected chi connectivity index (χ4v) is 2.77. The fourth-order valence-electron chi connectivity index (χ4n) is 2.77. The van der Waals surface area contributed by atoms with E-state index in [0.29, 0.717) is 35.2 Å². The summed E-state index contributed by atoms with van der Waals surface area (Å²) in [6.07, 6.45) is 1.59. The predicted molar refractivity (Wildman–Crippen MR) is 106 cm³/mol. The van der Waals surface area contributed by atoms with E-state index in [1.807, 2.05) is 31.2 Å². The molecule has 0 bridgehead atoms. The first kappa shape index (κ1) is 17.7. The molecule has 1 aliphatic heterocycles. The molecule has 1 amide bonds. The fraction of sp³-hybridized carbons (Fsp3) is 0.143. The zero-order valence-electron chi connectivity index (χ0n) is 15.3. The van der Waals surface area contributed by atoms with E-state index in [9.17, 15) is 4.79 Å². The lowest BCUT2D eigenvalue weighted by Crippen LogP contribution is -2.12. The van der Waals surface area contributed by atoms with Gasteiger partial charge in [-0.1, -0.05) is 0 Å². The number of benzene rings is 2. The van der Waals surface area contributed by atoms with Crippen LogP contribution in [0, 0.1) is 0 Å². The number of amides is 1. The highest BCUT2D eigenvalue weighted by Gasteiger charge is 2.15. The van der Waals surface area contributed by atoms with Gasteiger partial charge in [-0.25, -0.2) is 4.98 Å². The Morgan fingerprint density at radius 2 is 1.82 bits per heavy atom. The van der Waals surface area contributed by atoms with Gasteiger partial charge in [-0.05, 0) is 55.5 Å². The molecule has 0 saturated carbocycles. The molecule has 1 aromatic heterocycles. The van der Waals surface area contributed by atoms with Crippen LogP contribution >= 0.6 is 0 Å². The molecule has 1 aliphatic rings. The van der Waals surface area contributed by atoms with Crippen molar-refractivity contribution in [1.82, 2.24) is 4.98 Å². The molecule has 0 unspecified atom stereocenters. The molecule has 0 saturated heterocycles. The maximum Gasteiger partial charge on any atom is 0.255 e. The summed E-state index contributed by atoms with van der Waals surface area (Å²) in [4.78, 5) is 16.9. The Morgan fingerprint density at radius 3 is 2.64 bits per heavy atom. The molecule has 0 atom stereocenters. The van der Waals surface area contributed by atoms with E-state index < -0.39 is 0 Å². The third-order valence-electron chi connectivity index (χ3n) is 4.09. The van der Waals surface area contributed by atoms with Gasteiger partial charge in [-0.2, -0.15) is 0 Å². The van der Waals surface area contributed by atoms with Gasteiger partial charge in [0.25, 0.3) is 5.91 Å². The summed E-state index contributed by atoms with van der Waals surface area (Å²) in [6.45, 7) is 2.75. The van der Waals surface area contributed by atoms with Crippen molar-refractivity contribution >= 4 is 23.1 Å². The second-order valence-corrected chi connectivity index (χ2v) is 6.03. The lowest BCUT2D eigenvalue weighted by molar-refractivity contribution is 0.102. The monoisotopic (exact) mass is 377 g/mol. The van der Waals surface area contributed by atoms with Gasteiger partial charge in [-0.15, -0.1) is 0 Å². The maximum atomic E-state index is 12.6. The van der Waals surface area contributed by atoms with E-state index in [2.05, 4.69) is 15.6 Å². The molecule has 0 radical (unpaired) electrons. The Balaban J connectivity index is 1.44. The minimum absolute atomic E-state index is 0.192. The van der Waals surface area contributed by atoms with Gasteiger partial charge in [0, 0.05) is 29.2 Å². The van der Waals surface area contributed by atoms with Gasteiger partial charge in [0.05, 0.1) is 6.61 Å². The zero-order chi connectivity index (χ0) is 19.3. The molecule has 2 heterocycles. The second-order valence-electron chi connectivity index (χ2n) is 6.03. The topological polar surface area (TPSA) is 81.7 Å². The molecule has 4 rings (SSSR count). The SMILES string of the molecule is CCOc1ccc(Nc2cc(C(=O)Nc3ccc4c(c3)OCO4)ccn2)cc1. The van der Waals surface area contributed by atoms with Crippen molar-refractivity contribution in [2.75, 3.05) is 24.0 Å². The maximum absolute atomic E-state index is 12.6. The van der Waals surface area contributed by atoms with Gasteiger partial charge in [0.15, 0.2) is 11.5 Å². The number of rotatable bonds is 6. The van der Waals surface area contributed by atoms with Crippen LogP contribution in [-0.2, 0) is 0 Å². The Labute approximate surface area is 162 Å². The van der Waals surface area contributed by atoms with Crippen molar-refractivity contribution in [3.63, 3.8) is 0 Å². The molecule has 0 fully saturated rings. The number of carbonyl (C=O) groups excluding carboxylic acids is 1. The second kappa shape index (κ2) is 7.87. The summed E-state index contributed by atoms with van der Waals surface area (Å²) >= 11 is 0. The molecule has 0 aliphatic carbocycles. The average Bonchev–Trinajstić information content (AvgIpc) is 3.18. The zero-order valence-corrected chi connectivity index (χ0v) is 15.3. The third-order valence-corrected chi connectivity index (χ3v) is 4.09. The lowest BCUT2D eigenvalue weighted by Gasteiger charge is -2.09. The van der Waals surface area contributed by atoms with Crippen LogP contribution in [0.15, 0.2) is 60.8 Å². The first-order valence-electron chi connectivity index (χ1n) is 8.88. The Hall–Kier alpha value is -3.74. The van der Waals surface area contributed by atoms with Crippen LogP contribution in [0.2, 0.25) is 0 Å². The number of ether oxygens (including phenoxy) is 3. The summed E-state index contributed by atoms with van der Waals surface area (Å²) in [5.74, 6) is 2.42. The number of hydrogen-bond acceptors (Lipinski definition) is 6. The smallest absolute Gasteiger partial charge is 0.255 e. The van der Waals surface area contributed by atoms with Crippen molar-refractivity contribution in [1.29, 1.82) is 0 Å². The first-order chi connectivity index (χ1) is 13.7. The molecule has 7 nitrogen and oxygen atoms in total. The van der Waals surface area contributed by atoms with Gasteiger partial charge in [0.2, 0.25) is 6.79 Å². The van der Waals surface area contributed by atoms with E-state index in [1.54, 1.807) is 36.5 Å². The molecular formula is C21H19N3O4. The Bertz CT molecular complexity index is 989. The number of nitrogens with zero attached hydrogens (tertiary/aromatic N) is 1. The molecule has 7 heteroatoms. The van der Waals surface area contributed by atoms with Crippen molar-refractivity contribution in [2.24, 2.45) is 0 Å². The summed E-state index contributed by atoms with van der Waals surface area (Å²) in [6, 6.07) is 16.2. The van der Waals surface area contributed by atoms with Gasteiger partial charge in [0.1, 0.15) is 11.6 Å². The van der Waals surface area contributed by atoms with Crippen molar-refractivity contribution in [2.45, 2.75) is 6.92 Å². The number of fused-ring (bicyclic) bond motifs is 1. The number of hydrogen-bond donors (Lipinski definition) is 2. The highest BCUT2D eigenvalue weighted by molar-refractivity contribution is 6.04. The van der Waals surface area contributed by atoms with E-state index in [1.165, 1.54) is 0 Å². The lowest BCUT2D eigenvalue weighted by atomic mass is 10.2. The van der Waals surface area contributed by atoms with Gasteiger partial charge in [-0.3, -0.25) is 4.79 Å². The van der Waals surface area contributed by atoms with Crippen LogP contribution in [0.1, 0.15) is 17.3 Å². The molecule has 2 N–H and O–H groups in total. The Morgan fingerprint density at radius 1 is 1.04 bits per heavy atom. The van der Waals surface area contributed by atoms with E-state index in [0.717, 1.165) is 11.4 Å². The number of pyridine rings is 1. The van der Waals surface area contributed by atoms with E-state index in [-0.39, 0.29) is 12.7 Å². The minimum Gasteiger partial charge on any atom is -0.494 e. The summed E-state index contributed by atoms with van der Waals surface area (Å²) in [7, 11) is 0. The number of nitrogens with one attached hydrogen (secondary N) is 2. The third kappa shape index (κ3) is 3.98. The van der Waals surface area contributed by atoms with E-state index >= 15 is 0 Å². The van der Waals surface area contributed by atoms with Crippen LogP contribution in [0.25, 0.3) is 0 Å². The van der Waals surface area contributed by atoms with Crippen molar-refractivity contribution in [3.8, 4) is 17.2 Å². The summed E-state index contributed by atoms with van der Waals surface area (Å²) in [5, 5.41) is 6.04. The summed E-state index contributed by atoms with van der Waals surface area (Å²) < 4.78 is 16.0. The van der Waals surface area contributed by atoms with Crippen LogP contribution in [-0.4, -0.2) is 24.3 Å². The van der Waals surface area contributed by atoms with Crippen molar-refractivity contribution in [3.05, 3.63) is 66.4 Å². The molecule has 2 aromatic carbocycles. The minimum atomic E-state index is -0.240. The highest BCUT2D eigenvalue weighted by atomic mass is 16.7. The predicted octanol–water partition coefficient (Wildman–Crippen LogP) is 4.20. The van der Waals surface area contributed by atoms with Gasteiger partial charge >= 0.3 is 0 Å². The molecule has 3 aromatic rings. The number of anilines is 3. The van der Waals surface area contributed by atoms with Crippen molar-refractivity contribution < 1.29 is 19.0 Å². The van der Waals surface area contributed by atoms with Gasteiger partial charge < -0.3 is 24.8 Å². The molecule has 0 spiro atoms. The van der Waals surface area contributed by atoms with Crippen LogP contribution in [0.3, 0.4) is 0 Å². The van der Waals surface area contributed by atoms with E-state index in [4.69, 9.17) is 14.2 Å². The normalized spacial score (nSPS) is 11.8. The summed E-state index contributed by atoms with van der Waals surface area (Å²) in [5.41, 5.74) is 1.97. The standard InChI is InChI=1S/C21H19N3O4/c1-2-26-17-6-3-15(4-7-17)23-20-11-14(9-10-22-20)21(25)24-16-5-8-18-19(12-16)28-13-27-18/h3-12H,2,13H2,1H3,(H,22,23)(H,24,25). The first-order valence-corrected chi connectivity index (χ1v) is 8.88. The van der Waals surface area contributed by atoms with Crippen LogP contribution in [0.5, 0.6) is 17.2 Å². The number of aromatic nitrogens is 1. The molecule has 28 heavy (non-hydrogen) atoms. The highest BCUT2D eigenvalue weighted by Crippen LogP contribution is 2.34. The number of carbonyl (C=O) groups is 1. The molecule has 142 valence electrons.